The smallest absolute Gasteiger partial charge is 0.492 e. The van der Waals surface area contributed by atoms with Crippen molar-refractivity contribution in [2.45, 2.75) is 52.4 Å². The van der Waals surface area contributed by atoms with Gasteiger partial charge in [-0.05, 0) is 52.2 Å². The summed E-state index contributed by atoms with van der Waals surface area (Å²) in [4.78, 5) is 0. The van der Waals surface area contributed by atoms with Gasteiger partial charge < -0.3 is 18.8 Å². The lowest BCUT2D eigenvalue weighted by Gasteiger charge is -2.32. The minimum Gasteiger partial charge on any atom is -0.492 e. The molecule has 0 unspecified atom stereocenters. The van der Waals surface area contributed by atoms with Crippen molar-refractivity contribution in [2.75, 3.05) is 13.2 Å². The Labute approximate surface area is 155 Å². The zero-order chi connectivity index (χ0) is 18.8. The van der Waals surface area contributed by atoms with Crippen LogP contribution in [0.1, 0.15) is 34.6 Å². The summed E-state index contributed by atoms with van der Waals surface area (Å²) in [5, 5.41) is 4.24. The molecule has 2 aromatic rings. The van der Waals surface area contributed by atoms with E-state index in [1.807, 2.05) is 42.1 Å². The molecule has 0 N–H and O–H groups in total. The standard InChI is InChI=1S/C19H27BN2O4/c1-6-23-17-13-21-22(14-17)11-12-24-16-9-7-15(8-10-16)20-25-18(2,3)19(4,5)26-20/h7-10,13-14H,6,11-12H2,1-5H3. The molecule has 1 saturated heterocycles. The first-order valence-electron chi connectivity index (χ1n) is 9.04. The summed E-state index contributed by atoms with van der Waals surface area (Å²) in [7, 11) is -0.352. The van der Waals surface area contributed by atoms with Crippen LogP contribution in [0.3, 0.4) is 0 Å². The van der Waals surface area contributed by atoms with Crippen molar-refractivity contribution in [3.8, 4) is 11.5 Å². The second kappa shape index (κ2) is 7.33. The summed E-state index contributed by atoms with van der Waals surface area (Å²) in [6.45, 7) is 12.0. The van der Waals surface area contributed by atoms with Crippen LogP contribution in [0.15, 0.2) is 36.7 Å². The van der Waals surface area contributed by atoms with E-state index in [1.54, 1.807) is 6.20 Å². The number of hydrogen-bond acceptors (Lipinski definition) is 5. The molecule has 1 aliphatic heterocycles. The van der Waals surface area contributed by atoms with Crippen LogP contribution in [0, 0.1) is 0 Å². The summed E-state index contributed by atoms with van der Waals surface area (Å²) >= 11 is 0. The van der Waals surface area contributed by atoms with Crippen LogP contribution in [0.25, 0.3) is 0 Å². The average Bonchev–Trinajstić information content (AvgIpc) is 3.10. The Morgan fingerprint density at radius 1 is 1.00 bits per heavy atom. The predicted octanol–water partition coefficient (Wildman–Crippen LogP) is 2.66. The van der Waals surface area contributed by atoms with E-state index in [4.69, 9.17) is 18.8 Å². The van der Waals surface area contributed by atoms with Crippen LogP contribution in [0.5, 0.6) is 11.5 Å². The normalized spacial score (nSPS) is 18.1. The first kappa shape index (κ1) is 18.8. The third kappa shape index (κ3) is 4.05. The fourth-order valence-electron chi connectivity index (χ4n) is 2.67. The Morgan fingerprint density at radius 2 is 1.65 bits per heavy atom. The molecule has 140 valence electrons. The number of benzene rings is 1. The summed E-state index contributed by atoms with van der Waals surface area (Å²) < 4.78 is 25.1. The molecule has 0 bridgehead atoms. The molecule has 0 radical (unpaired) electrons. The summed E-state index contributed by atoms with van der Waals surface area (Å²) in [6, 6.07) is 7.85. The summed E-state index contributed by atoms with van der Waals surface area (Å²) in [6.07, 6.45) is 3.58. The van der Waals surface area contributed by atoms with Crippen molar-refractivity contribution in [1.29, 1.82) is 0 Å². The lowest BCUT2D eigenvalue weighted by molar-refractivity contribution is 0.00578. The molecule has 7 heteroatoms. The number of aromatic nitrogens is 2. The van der Waals surface area contributed by atoms with Crippen LogP contribution < -0.4 is 14.9 Å². The fraction of sp³-hybridized carbons (Fsp3) is 0.526. The first-order chi connectivity index (χ1) is 12.3. The Morgan fingerprint density at radius 3 is 2.27 bits per heavy atom. The molecule has 0 amide bonds. The topological polar surface area (TPSA) is 54.7 Å². The maximum Gasteiger partial charge on any atom is 0.494 e. The molecule has 6 nitrogen and oxygen atoms in total. The van der Waals surface area contributed by atoms with Gasteiger partial charge in [-0.2, -0.15) is 5.10 Å². The van der Waals surface area contributed by atoms with Gasteiger partial charge in [-0.3, -0.25) is 4.68 Å². The molecule has 0 saturated carbocycles. The number of rotatable bonds is 7. The van der Waals surface area contributed by atoms with E-state index < -0.39 is 0 Å². The van der Waals surface area contributed by atoms with E-state index in [0.717, 1.165) is 17.0 Å². The Hall–Kier alpha value is -1.99. The number of ether oxygens (including phenoxy) is 2. The molecule has 0 atom stereocenters. The quantitative estimate of drug-likeness (QED) is 0.713. The van der Waals surface area contributed by atoms with Gasteiger partial charge in [0.2, 0.25) is 0 Å². The minimum absolute atomic E-state index is 0.336. The van der Waals surface area contributed by atoms with Crippen LogP contribution in [0.4, 0.5) is 0 Å². The Bertz CT molecular complexity index is 711. The molecular formula is C19H27BN2O4. The van der Waals surface area contributed by atoms with Gasteiger partial charge in [0.25, 0.3) is 0 Å². The lowest BCUT2D eigenvalue weighted by atomic mass is 9.79. The first-order valence-corrected chi connectivity index (χ1v) is 9.04. The molecule has 3 rings (SSSR count). The molecule has 1 aromatic heterocycles. The van der Waals surface area contributed by atoms with E-state index in [1.165, 1.54) is 0 Å². The second-order valence-electron chi connectivity index (χ2n) is 7.38. The van der Waals surface area contributed by atoms with Crippen molar-refractivity contribution >= 4 is 12.6 Å². The zero-order valence-electron chi connectivity index (χ0n) is 16.2. The molecule has 0 aliphatic carbocycles. The van der Waals surface area contributed by atoms with Gasteiger partial charge in [0.1, 0.15) is 12.4 Å². The Kier molecular flexibility index (Phi) is 5.30. The second-order valence-corrected chi connectivity index (χ2v) is 7.38. The molecule has 0 spiro atoms. The van der Waals surface area contributed by atoms with Gasteiger partial charge in [0.15, 0.2) is 5.75 Å². The highest BCUT2D eigenvalue weighted by Gasteiger charge is 2.51. The van der Waals surface area contributed by atoms with Gasteiger partial charge in [0.05, 0.1) is 36.7 Å². The predicted molar refractivity (Wildman–Crippen MR) is 101 cm³/mol. The Balaban J connectivity index is 1.52. The van der Waals surface area contributed by atoms with E-state index in [-0.39, 0.29) is 18.3 Å². The average molecular weight is 358 g/mol. The molecule has 1 fully saturated rings. The molecule has 1 aliphatic rings. The largest absolute Gasteiger partial charge is 0.494 e. The van der Waals surface area contributed by atoms with Crippen molar-refractivity contribution in [3.63, 3.8) is 0 Å². The lowest BCUT2D eigenvalue weighted by Crippen LogP contribution is -2.41. The van der Waals surface area contributed by atoms with Gasteiger partial charge >= 0.3 is 7.12 Å². The molecule has 26 heavy (non-hydrogen) atoms. The van der Waals surface area contributed by atoms with Gasteiger partial charge in [-0.15, -0.1) is 0 Å². The maximum absolute atomic E-state index is 6.06. The summed E-state index contributed by atoms with van der Waals surface area (Å²) in [5.74, 6) is 1.58. The molecule has 1 aromatic carbocycles. The van der Waals surface area contributed by atoms with Crippen molar-refractivity contribution < 1.29 is 18.8 Å². The van der Waals surface area contributed by atoms with Gasteiger partial charge in [0, 0.05) is 0 Å². The van der Waals surface area contributed by atoms with E-state index >= 15 is 0 Å². The third-order valence-corrected chi connectivity index (χ3v) is 4.92. The minimum atomic E-state index is -0.352. The fourth-order valence-corrected chi connectivity index (χ4v) is 2.67. The van der Waals surface area contributed by atoms with E-state index in [2.05, 4.69) is 32.8 Å². The third-order valence-electron chi connectivity index (χ3n) is 4.92. The van der Waals surface area contributed by atoms with Crippen LogP contribution in [-0.4, -0.2) is 41.3 Å². The highest BCUT2D eigenvalue weighted by Crippen LogP contribution is 2.36. The van der Waals surface area contributed by atoms with E-state index in [9.17, 15) is 0 Å². The van der Waals surface area contributed by atoms with Crippen molar-refractivity contribution in [3.05, 3.63) is 36.7 Å². The highest BCUT2D eigenvalue weighted by atomic mass is 16.7. The summed E-state index contributed by atoms with van der Waals surface area (Å²) in [5.41, 5.74) is 0.317. The maximum atomic E-state index is 6.06. The van der Waals surface area contributed by atoms with Gasteiger partial charge in [-0.25, -0.2) is 0 Å². The molecular weight excluding hydrogens is 331 g/mol. The monoisotopic (exact) mass is 358 g/mol. The van der Waals surface area contributed by atoms with Crippen LogP contribution in [-0.2, 0) is 15.9 Å². The SMILES string of the molecule is CCOc1cnn(CCOc2ccc(B3OC(C)(C)C(C)(C)O3)cc2)c1. The number of hydrogen-bond donors (Lipinski definition) is 0. The van der Waals surface area contributed by atoms with Crippen LogP contribution >= 0.6 is 0 Å². The van der Waals surface area contributed by atoms with Crippen LogP contribution in [0.2, 0.25) is 0 Å². The van der Waals surface area contributed by atoms with Crippen molar-refractivity contribution in [1.82, 2.24) is 9.78 Å². The molecule has 2 heterocycles. The van der Waals surface area contributed by atoms with Crippen molar-refractivity contribution in [2.24, 2.45) is 0 Å². The number of nitrogens with zero attached hydrogens (tertiary/aromatic N) is 2. The van der Waals surface area contributed by atoms with E-state index in [0.29, 0.717) is 19.8 Å². The zero-order valence-corrected chi connectivity index (χ0v) is 16.2. The van der Waals surface area contributed by atoms with Gasteiger partial charge in [-0.1, -0.05) is 12.1 Å². The highest BCUT2D eigenvalue weighted by molar-refractivity contribution is 6.62.